The van der Waals surface area contributed by atoms with Gasteiger partial charge < -0.3 is 10.1 Å². The van der Waals surface area contributed by atoms with Crippen molar-refractivity contribution in [1.29, 1.82) is 0 Å². The summed E-state index contributed by atoms with van der Waals surface area (Å²) in [6.45, 7) is 8.10. The molecular weight excluding hydrogens is 380 g/mol. The van der Waals surface area contributed by atoms with Crippen LogP contribution in [0.25, 0.3) is 0 Å². The Morgan fingerprint density at radius 1 is 1.15 bits per heavy atom. The molecule has 0 radical (unpaired) electrons. The van der Waals surface area contributed by atoms with Crippen molar-refractivity contribution in [3.63, 3.8) is 0 Å². The van der Waals surface area contributed by atoms with E-state index in [0.29, 0.717) is 22.2 Å². The summed E-state index contributed by atoms with van der Waals surface area (Å²) in [7, 11) is 0. The number of carbonyl (C=O) groups excluding carboxylic acids is 1. The van der Waals surface area contributed by atoms with Crippen molar-refractivity contribution in [2.24, 2.45) is 0 Å². The van der Waals surface area contributed by atoms with Crippen molar-refractivity contribution >= 4 is 34.5 Å². The molecule has 4 nitrogen and oxygen atoms in total. The molecule has 1 aromatic heterocycles. The van der Waals surface area contributed by atoms with Crippen LogP contribution in [0.4, 0.5) is 5.69 Å². The molecule has 27 heavy (non-hydrogen) atoms. The molecule has 0 aliphatic heterocycles. The molecule has 0 fully saturated rings. The second-order valence-corrected chi connectivity index (χ2v) is 7.91. The smallest absolute Gasteiger partial charge is 0.267 e. The van der Waals surface area contributed by atoms with Crippen molar-refractivity contribution in [1.82, 2.24) is 4.98 Å². The Morgan fingerprint density at radius 3 is 2.67 bits per heavy atom. The van der Waals surface area contributed by atoms with Crippen molar-refractivity contribution in [3.05, 3.63) is 73.7 Å². The van der Waals surface area contributed by atoms with Crippen LogP contribution in [0.3, 0.4) is 0 Å². The van der Waals surface area contributed by atoms with Gasteiger partial charge in [-0.1, -0.05) is 23.7 Å². The third-order valence-electron chi connectivity index (χ3n) is 4.39. The quantitative estimate of drug-likeness (QED) is 0.583. The summed E-state index contributed by atoms with van der Waals surface area (Å²) in [5, 5.41) is 4.45. The molecule has 3 rings (SSSR count). The lowest BCUT2D eigenvalue weighted by Crippen LogP contribution is -2.12. The van der Waals surface area contributed by atoms with Crippen LogP contribution in [0.2, 0.25) is 5.02 Å². The molecule has 1 amide bonds. The predicted molar refractivity (Wildman–Crippen MR) is 111 cm³/mol. The normalized spacial score (nSPS) is 10.7. The molecule has 1 N–H and O–H groups in total. The Kier molecular flexibility index (Phi) is 5.82. The Balaban J connectivity index is 1.70. The minimum atomic E-state index is -0.146. The molecule has 6 heteroatoms. The molecule has 0 saturated carbocycles. The molecule has 140 valence electrons. The topological polar surface area (TPSA) is 51.2 Å². The van der Waals surface area contributed by atoms with E-state index in [2.05, 4.69) is 10.3 Å². The standard InChI is InChI=1S/C21H21ClN2O2S/c1-12-6-5-7-18(14(12)3)24-21(25)20-15(4)23-19(27-20)11-26-16-8-9-17(22)13(2)10-16/h5-10H,11H2,1-4H3,(H,24,25). The Hall–Kier alpha value is -2.37. The average Bonchev–Trinajstić information content (AvgIpc) is 3.01. The zero-order chi connectivity index (χ0) is 19.6. The van der Waals surface area contributed by atoms with E-state index in [-0.39, 0.29) is 5.91 Å². The van der Waals surface area contributed by atoms with Crippen molar-refractivity contribution in [2.75, 3.05) is 5.32 Å². The second-order valence-electron chi connectivity index (χ2n) is 6.42. The van der Waals surface area contributed by atoms with Crippen LogP contribution in [0.15, 0.2) is 36.4 Å². The van der Waals surface area contributed by atoms with Gasteiger partial charge in [-0.05, 0) is 68.7 Å². The van der Waals surface area contributed by atoms with E-state index < -0.39 is 0 Å². The minimum Gasteiger partial charge on any atom is -0.486 e. The van der Waals surface area contributed by atoms with E-state index >= 15 is 0 Å². The number of rotatable bonds is 5. The van der Waals surface area contributed by atoms with Gasteiger partial charge in [0.1, 0.15) is 22.2 Å². The summed E-state index contributed by atoms with van der Waals surface area (Å²) in [5.74, 6) is 0.582. The SMILES string of the molecule is Cc1cc(OCc2nc(C)c(C(=O)Nc3cccc(C)c3C)s2)ccc1Cl. The Labute approximate surface area is 168 Å². The fourth-order valence-electron chi connectivity index (χ4n) is 2.64. The van der Waals surface area contributed by atoms with Crippen molar-refractivity contribution < 1.29 is 9.53 Å². The van der Waals surface area contributed by atoms with Crippen molar-refractivity contribution in [3.8, 4) is 5.75 Å². The number of anilines is 1. The molecule has 2 aromatic carbocycles. The molecule has 0 saturated heterocycles. The van der Waals surface area contributed by atoms with Gasteiger partial charge in [0.05, 0.1) is 5.69 Å². The first-order chi connectivity index (χ1) is 12.8. The second kappa shape index (κ2) is 8.11. The van der Waals surface area contributed by atoms with Gasteiger partial charge in [-0.25, -0.2) is 4.98 Å². The number of aromatic nitrogens is 1. The molecule has 0 unspecified atom stereocenters. The number of hydrogen-bond acceptors (Lipinski definition) is 4. The lowest BCUT2D eigenvalue weighted by molar-refractivity contribution is 0.102. The summed E-state index contributed by atoms with van der Waals surface area (Å²) >= 11 is 7.38. The lowest BCUT2D eigenvalue weighted by Gasteiger charge is -2.09. The minimum absolute atomic E-state index is 0.146. The molecule has 0 spiro atoms. The van der Waals surface area contributed by atoms with Crippen LogP contribution in [-0.2, 0) is 6.61 Å². The van der Waals surface area contributed by atoms with E-state index in [9.17, 15) is 4.79 Å². The maximum absolute atomic E-state index is 12.7. The zero-order valence-electron chi connectivity index (χ0n) is 15.7. The highest BCUT2D eigenvalue weighted by molar-refractivity contribution is 7.13. The van der Waals surface area contributed by atoms with E-state index in [0.717, 1.165) is 33.1 Å². The number of hydrogen-bond donors (Lipinski definition) is 1. The first-order valence-electron chi connectivity index (χ1n) is 8.58. The highest BCUT2D eigenvalue weighted by atomic mass is 35.5. The third kappa shape index (κ3) is 4.49. The van der Waals surface area contributed by atoms with Crippen LogP contribution in [0.5, 0.6) is 5.75 Å². The zero-order valence-corrected chi connectivity index (χ0v) is 17.3. The first kappa shape index (κ1) is 19.4. The number of benzene rings is 2. The van der Waals surface area contributed by atoms with Crippen molar-refractivity contribution in [2.45, 2.75) is 34.3 Å². The third-order valence-corrected chi connectivity index (χ3v) is 5.95. The number of nitrogens with one attached hydrogen (secondary N) is 1. The average molecular weight is 401 g/mol. The summed E-state index contributed by atoms with van der Waals surface area (Å²) in [5.41, 5.74) is 4.69. The highest BCUT2D eigenvalue weighted by Gasteiger charge is 2.17. The Morgan fingerprint density at radius 2 is 1.93 bits per heavy atom. The number of nitrogens with zero attached hydrogens (tertiary/aromatic N) is 1. The van der Waals surface area contributed by atoms with Gasteiger partial charge >= 0.3 is 0 Å². The molecule has 3 aromatic rings. The number of ether oxygens (including phenoxy) is 1. The van der Waals surface area contributed by atoms with E-state index in [1.165, 1.54) is 11.3 Å². The summed E-state index contributed by atoms with van der Waals surface area (Å²) in [4.78, 5) is 17.7. The largest absolute Gasteiger partial charge is 0.486 e. The van der Waals surface area contributed by atoms with Crippen LogP contribution < -0.4 is 10.1 Å². The van der Waals surface area contributed by atoms with Crippen LogP contribution in [0, 0.1) is 27.7 Å². The van der Waals surface area contributed by atoms with Crippen LogP contribution in [0.1, 0.15) is 37.1 Å². The van der Waals surface area contributed by atoms with Gasteiger partial charge in [0.25, 0.3) is 5.91 Å². The van der Waals surface area contributed by atoms with Crippen LogP contribution >= 0.6 is 22.9 Å². The fourth-order valence-corrected chi connectivity index (χ4v) is 3.63. The maximum Gasteiger partial charge on any atom is 0.267 e. The lowest BCUT2D eigenvalue weighted by atomic mass is 10.1. The fraction of sp³-hybridized carbons (Fsp3) is 0.238. The molecule has 1 heterocycles. The summed E-state index contributed by atoms with van der Waals surface area (Å²) in [6.07, 6.45) is 0. The molecule has 0 aliphatic carbocycles. The predicted octanol–water partition coefficient (Wildman–Crippen LogP) is 5.86. The highest BCUT2D eigenvalue weighted by Crippen LogP contribution is 2.25. The number of thiazole rings is 1. The van der Waals surface area contributed by atoms with E-state index in [1.54, 1.807) is 0 Å². The van der Waals surface area contributed by atoms with Gasteiger partial charge in [0, 0.05) is 10.7 Å². The van der Waals surface area contributed by atoms with E-state index in [1.807, 2.05) is 64.1 Å². The first-order valence-corrected chi connectivity index (χ1v) is 9.77. The number of amides is 1. The maximum atomic E-state index is 12.7. The van der Waals surface area contributed by atoms with Gasteiger partial charge in [-0.2, -0.15) is 0 Å². The Bertz CT molecular complexity index is 998. The van der Waals surface area contributed by atoms with Gasteiger partial charge in [0.15, 0.2) is 0 Å². The van der Waals surface area contributed by atoms with Crippen LogP contribution in [-0.4, -0.2) is 10.9 Å². The summed E-state index contributed by atoms with van der Waals surface area (Å²) < 4.78 is 5.79. The molecule has 0 bridgehead atoms. The van der Waals surface area contributed by atoms with Gasteiger partial charge in [0.2, 0.25) is 0 Å². The number of carbonyl (C=O) groups is 1. The number of halogens is 1. The van der Waals surface area contributed by atoms with Gasteiger partial charge in [-0.3, -0.25) is 4.79 Å². The van der Waals surface area contributed by atoms with Gasteiger partial charge in [-0.15, -0.1) is 11.3 Å². The van der Waals surface area contributed by atoms with E-state index in [4.69, 9.17) is 16.3 Å². The number of aryl methyl sites for hydroxylation is 3. The molecule has 0 aliphatic rings. The summed E-state index contributed by atoms with van der Waals surface area (Å²) in [6, 6.07) is 11.4. The molecule has 0 atom stereocenters. The monoisotopic (exact) mass is 400 g/mol. The molecular formula is C21H21ClN2O2S.